The lowest BCUT2D eigenvalue weighted by atomic mass is 9.45. The molecule has 0 aliphatic heterocycles. The minimum atomic E-state index is -0.298. The van der Waals surface area contributed by atoms with Crippen LogP contribution in [0.3, 0.4) is 0 Å². The van der Waals surface area contributed by atoms with E-state index in [2.05, 4.69) is 13.8 Å². The van der Waals surface area contributed by atoms with Crippen molar-refractivity contribution in [1.82, 2.24) is 0 Å². The molecule has 3 nitrogen and oxygen atoms in total. The number of Topliss-reactive ketones (excluding diaryl/α,β-unsaturated/α-hetero) is 3. The summed E-state index contributed by atoms with van der Waals surface area (Å²) in [5.41, 5.74) is -0.596. The minimum Gasteiger partial charge on any atom is -0.299 e. The molecule has 4 saturated carbocycles. The molecule has 4 aliphatic rings. The first-order chi connectivity index (χ1) is 22.4. The van der Waals surface area contributed by atoms with Gasteiger partial charge in [0.2, 0.25) is 0 Å². The SMILES string of the molecule is CCC(=O)C(CC)CCC(C(=O)C(CCC(CC)C(=O)CC)(C1CCCCC1)C1CCCCC1)(C1CCCCC1)C1CCCCC1. The van der Waals surface area contributed by atoms with Crippen LogP contribution in [-0.2, 0) is 14.4 Å². The van der Waals surface area contributed by atoms with E-state index in [4.69, 9.17) is 0 Å². The Morgan fingerprint density at radius 1 is 0.457 bits per heavy atom. The Labute approximate surface area is 285 Å². The van der Waals surface area contributed by atoms with Gasteiger partial charge in [0.25, 0.3) is 0 Å². The molecule has 0 saturated heterocycles. The number of carbonyl (C=O) groups is 3. The zero-order valence-electron chi connectivity index (χ0n) is 31.0. The second-order valence-electron chi connectivity index (χ2n) is 16.7. The maximum absolute atomic E-state index is 16.8. The van der Waals surface area contributed by atoms with Crippen molar-refractivity contribution in [2.24, 2.45) is 46.3 Å². The number of ketones is 3. The standard InChI is InChI=1S/C43H74O3/c1-5-33(39(44)7-3)29-31-42(35-21-13-9-14-22-35,36-23-15-10-16-24-36)41(46)43(37-25-17-11-18-26-37,38-27-19-12-20-28-38)32-30-34(6-2)40(45)8-4/h33-38H,5-32H2,1-4H3. The zero-order valence-corrected chi connectivity index (χ0v) is 31.0. The second kappa shape index (κ2) is 18.7. The maximum atomic E-state index is 16.8. The molecule has 0 radical (unpaired) electrons. The fourth-order valence-electron chi connectivity index (χ4n) is 11.9. The van der Waals surface area contributed by atoms with Crippen LogP contribution in [-0.4, -0.2) is 17.3 Å². The Hall–Kier alpha value is -0.990. The summed E-state index contributed by atoms with van der Waals surface area (Å²) < 4.78 is 0. The first-order valence-corrected chi connectivity index (χ1v) is 21.0. The summed E-state index contributed by atoms with van der Waals surface area (Å²) in [7, 11) is 0. The molecule has 0 spiro atoms. The molecular formula is C43H74O3. The van der Waals surface area contributed by atoms with Gasteiger partial charge in [-0.1, -0.05) is 105 Å². The first kappa shape index (κ1) is 37.8. The van der Waals surface area contributed by atoms with Crippen LogP contribution in [0.2, 0.25) is 0 Å². The van der Waals surface area contributed by atoms with Crippen molar-refractivity contribution in [2.45, 2.75) is 207 Å². The topological polar surface area (TPSA) is 51.2 Å². The van der Waals surface area contributed by atoms with Crippen molar-refractivity contribution in [3.05, 3.63) is 0 Å². The van der Waals surface area contributed by atoms with Gasteiger partial charge in [0.15, 0.2) is 0 Å². The Bertz CT molecular complexity index is 816. The van der Waals surface area contributed by atoms with Gasteiger partial charge in [0.1, 0.15) is 17.3 Å². The van der Waals surface area contributed by atoms with Gasteiger partial charge in [-0.05, 0) is 114 Å². The fraction of sp³-hybridized carbons (Fsp3) is 0.930. The monoisotopic (exact) mass is 639 g/mol. The van der Waals surface area contributed by atoms with Gasteiger partial charge in [-0.15, -0.1) is 0 Å². The van der Waals surface area contributed by atoms with Crippen LogP contribution in [0.15, 0.2) is 0 Å². The van der Waals surface area contributed by atoms with Crippen molar-refractivity contribution >= 4 is 17.3 Å². The highest BCUT2D eigenvalue weighted by Gasteiger charge is 2.61. The summed E-state index contributed by atoms with van der Waals surface area (Å²) in [6, 6.07) is 0. The summed E-state index contributed by atoms with van der Waals surface area (Å²) in [6.07, 6.45) is 31.7. The zero-order chi connectivity index (χ0) is 33.0. The van der Waals surface area contributed by atoms with E-state index in [0.717, 1.165) is 38.5 Å². The summed E-state index contributed by atoms with van der Waals surface area (Å²) in [5.74, 6) is 3.58. The predicted molar refractivity (Wildman–Crippen MR) is 193 cm³/mol. The molecule has 4 aliphatic carbocycles. The third-order valence-electron chi connectivity index (χ3n) is 14.6. The number of rotatable bonds is 18. The number of hydrogen-bond acceptors (Lipinski definition) is 3. The number of hydrogen-bond donors (Lipinski definition) is 0. The fourth-order valence-corrected chi connectivity index (χ4v) is 11.9. The van der Waals surface area contributed by atoms with E-state index in [1.54, 1.807) is 0 Å². The average molecular weight is 639 g/mol. The molecule has 46 heavy (non-hydrogen) atoms. The van der Waals surface area contributed by atoms with Gasteiger partial charge in [0.05, 0.1) is 0 Å². The van der Waals surface area contributed by atoms with Gasteiger partial charge in [0, 0.05) is 35.5 Å². The smallest absolute Gasteiger partial charge is 0.146 e. The maximum Gasteiger partial charge on any atom is 0.146 e. The van der Waals surface area contributed by atoms with Crippen molar-refractivity contribution in [3.8, 4) is 0 Å². The summed E-state index contributed by atoms with van der Waals surface area (Å²) >= 11 is 0. The van der Waals surface area contributed by atoms with Crippen molar-refractivity contribution in [2.75, 3.05) is 0 Å². The highest BCUT2D eigenvalue weighted by Crippen LogP contribution is 2.62. The molecule has 0 aromatic heterocycles. The molecule has 0 heterocycles. The average Bonchev–Trinajstić information content (AvgIpc) is 3.13. The van der Waals surface area contributed by atoms with E-state index in [1.165, 1.54) is 128 Å². The van der Waals surface area contributed by atoms with Crippen LogP contribution >= 0.6 is 0 Å². The molecule has 264 valence electrons. The first-order valence-electron chi connectivity index (χ1n) is 21.0. The summed E-state index contributed by atoms with van der Waals surface area (Å²) in [6.45, 7) is 8.47. The van der Waals surface area contributed by atoms with E-state index >= 15 is 4.79 Å². The molecule has 2 atom stereocenters. The van der Waals surface area contributed by atoms with Gasteiger partial charge in [-0.2, -0.15) is 0 Å². The predicted octanol–water partition coefficient (Wildman–Crippen LogP) is 12.4. The van der Waals surface area contributed by atoms with Crippen molar-refractivity contribution in [3.63, 3.8) is 0 Å². The Balaban J connectivity index is 1.90. The van der Waals surface area contributed by atoms with Crippen LogP contribution in [0, 0.1) is 46.3 Å². The normalized spacial score (nSPS) is 23.2. The Kier molecular flexibility index (Phi) is 15.4. The molecule has 0 amide bonds. The third kappa shape index (κ3) is 8.41. The van der Waals surface area contributed by atoms with Crippen molar-refractivity contribution < 1.29 is 14.4 Å². The molecular weight excluding hydrogens is 564 g/mol. The van der Waals surface area contributed by atoms with E-state index in [0.29, 0.717) is 53.9 Å². The lowest BCUT2D eigenvalue weighted by Gasteiger charge is -2.57. The quantitative estimate of drug-likeness (QED) is 0.150. The van der Waals surface area contributed by atoms with Crippen LogP contribution in [0.1, 0.15) is 207 Å². The van der Waals surface area contributed by atoms with E-state index in [-0.39, 0.29) is 22.7 Å². The Morgan fingerprint density at radius 3 is 0.935 bits per heavy atom. The van der Waals surface area contributed by atoms with Gasteiger partial charge >= 0.3 is 0 Å². The molecule has 0 aromatic carbocycles. The lowest BCUT2D eigenvalue weighted by Crippen LogP contribution is -2.58. The number of carbonyl (C=O) groups excluding carboxylic acids is 3. The van der Waals surface area contributed by atoms with E-state index in [9.17, 15) is 9.59 Å². The lowest BCUT2D eigenvalue weighted by molar-refractivity contribution is -0.164. The van der Waals surface area contributed by atoms with Crippen LogP contribution in [0.4, 0.5) is 0 Å². The van der Waals surface area contributed by atoms with Crippen LogP contribution in [0.25, 0.3) is 0 Å². The third-order valence-corrected chi connectivity index (χ3v) is 14.6. The van der Waals surface area contributed by atoms with Crippen molar-refractivity contribution in [1.29, 1.82) is 0 Å². The minimum absolute atomic E-state index is 0.0924. The second-order valence-corrected chi connectivity index (χ2v) is 16.7. The van der Waals surface area contributed by atoms with Crippen LogP contribution < -0.4 is 0 Å². The molecule has 2 unspecified atom stereocenters. The molecule has 0 aromatic rings. The van der Waals surface area contributed by atoms with Crippen LogP contribution in [0.5, 0.6) is 0 Å². The largest absolute Gasteiger partial charge is 0.299 e. The molecule has 0 bridgehead atoms. The van der Waals surface area contributed by atoms with Gasteiger partial charge in [-0.25, -0.2) is 0 Å². The summed E-state index contributed by atoms with van der Waals surface area (Å²) in [5, 5.41) is 0. The van der Waals surface area contributed by atoms with E-state index in [1.807, 2.05) is 13.8 Å². The molecule has 4 rings (SSSR count). The summed E-state index contributed by atoms with van der Waals surface area (Å²) in [4.78, 5) is 43.3. The van der Waals surface area contributed by atoms with Gasteiger partial charge in [-0.3, -0.25) is 14.4 Å². The highest BCUT2D eigenvalue weighted by atomic mass is 16.1. The molecule has 4 fully saturated rings. The molecule has 3 heteroatoms. The van der Waals surface area contributed by atoms with E-state index < -0.39 is 0 Å². The molecule has 0 N–H and O–H groups in total. The van der Waals surface area contributed by atoms with Gasteiger partial charge < -0.3 is 0 Å². The highest BCUT2D eigenvalue weighted by molar-refractivity contribution is 5.92. The Morgan fingerprint density at radius 2 is 0.717 bits per heavy atom.